The Hall–Kier alpha value is -2.88. The van der Waals surface area contributed by atoms with Gasteiger partial charge in [0.1, 0.15) is 12.6 Å². The van der Waals surface area contributed by atoms with Gasteiger partial charge in [-0.3, -0.25) is 13.9 Å². The van der Waals surface area contributed by atoms with Crippen LogP contribution >= 0.6 is 27.5 Å². The van der Waals surface area contributed by atoms with E-state index in [2.05, 4.69) is 21.2 Å². The number of carbonyl (C=O) groups excluding carboxylic acids is 2. The number of hydrogen-bond donors (Lipinski definition) is 1. The van der Waals surface area contributed by atoms with E-state index in [0.29, 0.717) is 21.7 Å². The molecule has 10 heteroatoms. The number of amides is 2. The van der Waals surface area contributed by atoms with Crippen LogP contribution in [0.3, 0.4) is 0 Å². The van der Waals surface area contributed by atoms with Crippen molar-refractivity contribution in [2.24, 2.45) is 0 Å². The van der Waals surface area contributed by atoms with Gasteiger partial charge in [0.15, 0.2) is 0 Å². The van der Waals surface area contributed by atoms with Crippen LogP contribution in [0, 0.1) is 6.92 Å². The fourth-order valence-electron chi connectivity index (χ4n) is 3.81. The number of nitrogens with zero attached hydrogens (tertiary/aromatic N) is 2. The minimum absolute atomic E-state index is 0.0611. The number of halogens is 2. The zero-order valence-electron chi connectivity index (χ0n) is 21.5. The number of nitrogens with one attached hydrogen (secondary N) is 1. The van der Waals surface area contributed by atoms with E-state index in [9.17, 15) is 18.0 Å². The highest BCUT2D eigenvalue weighted by molar-refractivity contribution is 9.10. The van der Waals surface area contributed by atoms with Crippen LogP contribution in [0.5, 0.6) is 0 Å². The molecule has 0 heterocycles. The first-order valence-electron chi connectivity index (χ1n) is 12.2. The monoisotopic (exact) mass is 619 g/mol. The smallest absolute Gasteiger partial charge is 0.264 e. The minimum atomic E-state index is -4.11. The summed E-state index contributed by atoms with van der Waals surface area (Å²) in [6.07, 6.45) is 0.742. The predicted octanol–water partition coefficient (Wildman–Crippen LogP) is 5.55. The average Bonchev–Trinajstić information content (AvgIpc) is 2.88. The van der Waals surface area contributed by atoms with Crippen molar-refractivity contribution in [2.75, 3.05) is 17.4 Å². The molecule has 7 nitrogen and oxygen atoms in total. The Morgan fingerprint density at radius 1 is 1.03 bits per heavy atom. The lowest BCUT2D eigenvalue weighted by Crippen LogP contribution is -2.51. The van der Waals surface area contributed by atoms with Gasteiger partial charge in [-0.15, -0.1) is 0 Å². The molecule has 1 atom stereocenters. The van der Waals surface area contributed by atoms with Gasteiger partial charge in [0.2, 0.25) is 11.8 Å². The fraction of sp³-hybridized carbons (Fsp3) is 0.286. The van der Waals surface area contributed by atoms with Crippen LogP contribution in [0.1, 0.15) is 31.4 Å². The van der Waals surface area contributed by atoms with Gasteiger partial charge >= 0.3 is 0 Å². The quantitative estimate of drug-likeness (QED) is 0.305. The van der Waals surface area contributed by atoms with Gasteiger partial charge in [-0.05, 0) is 68.3 Å². The molecule has 0 bridgehead atoms. The van der Waals surface area contributed by atoms with Crippen molar-refractivity contribution < 1.29 is 18.0 Å². The van der Waals surface area contributed by atoms with Crippen molar-refractivity contribution >= 4 is 55.1 Å². The Balaban J connectivity index is 2.02. The van der Waals surface area contributed by atoms with Gasteiger partial charge in [-0.1, -0.05) is 70.3 Å². The molecule has 3 rings (SSSR count). The number of sulfonamides is 1. The van der Waals surface area contributed by atoms with Crippen molar-refractivity contribution in [3.8, 4) is 0 Å². The lowest BCUT2D eigenvalue weighted by molar-refractivity contribution is -0.139. The van der Waals surface area contributed by atoms with E-state index in [1.54, 1.807) is 67.6 Å². The van der Waals surface area contributed by atoms with Crippen LogP contribution in [-0.2, 0) is 26.2 Å². The second kappa shape index (κ2) is 13.3. The van der Waals surface area contributed by atoms with Crippen LogP contribution in [0.4, 0.5) is 5.69 Å². The molecule has 0 spiro atoms. The van der Waals surface area contributed by atoms with E-state index < -0.39 is 28.5 Å². The average molecular weight is 621 g/mol. The van der Waals surface area contributed by atoms with Gasteiger partial charge < -0.3 is 10.2 Å². The molecule has 1 N–H and O–H groups in total. The number of aryl methyl sites for hydroxylation is 1. The van der Waals surface area contributed by atoms with E-state index >= 15 is 0 Å². The molecule has 3 aromatic rings. The van der Waals surface area contributed by atoms with E-state index in [1.165, 1.54) is 17.0 Å². The molecule has 2 amide bonds. The number of carbonyl (C=O) groups is 2. The summed E-state index contributed by atoms with van der Waals surface area (Å²) in [5.74, 6) is -0.850. The van der Waals surface area contributed by atoms with Crippen LogP contribution in [0.15, 0.2) is 82.2 Å². The molecular formula is C28H31BrClN3O4S. The molecule has 0 saturated heterocycles. The first-order chi connectivity index (χ1) is 18.0. The van der Waals surface area contributed by atoms with Crippen LogP contribution < -0.4 is 9.62 Å². The van der Waals surface area contributed by atoms with Crippen molar-refractivity contribution in [2.45, 2.75) is 44.7 Å². The number of anilines is 1. The molecule has 3 aromatic carbocycles. The Morgan fingerprint density at radius 2 is 1.71 bits per heavy atom. The van der Waals surface area contributed by atoms with Crippen molar-refractivity contribution in [3.63, 3.8) is 0 Å². The number of benzene rings is 3. The zero-order chi connectivity index (χ0) is 27.9. The predicted molar refractivity (Wildman–Crippen MR) is 155 cm³/mol. The Labute approximate surface area is 238 Å². The topological polar surface area (TPSA) is 86.8 Å². The normalized spacial score (nSPS) is 12.0. The molecule has 0 fully saturated rings. The molecule has 0 saturated carbocycles. The summed E-state index contributed by atoms with van der Waals surface area (Å²) in [6.45, 7) is 5.48. The Morgan fingerprint density at radius 3 is 2.34 bits per heavy atom. The van der Waals surface area contributed by atoms with Gasteiger partial charge in [0, 0.05) is 22.6 Å². The number of rotatable bonds is 11. The van der Waals surface area contributed by atoms with E-state index in [4.69, 9.17) is 11.6 Å². The maximum absolute atomic E-state index is 13.8. The zero-order valence-corrected chi connectivity index (χ0v) is 24.7. The molecule has 0 aliphatic heterocycles. The lowest BCUT2D eigenvalue weighted by Gasteiger charge is -2.32. The van der Waals surface area contributed by atoms with Gasteiger partial charge in [-0.25, -0.2) is 8.42 Å². The summed E-state index contributed by atoms with van der Waals surface area (Å²) in [6, 6.07) is 19.3. The molecule has 202 valence electrons. The van der Waals surface area contributed by atoms with Crippen LogP contribution in [0.25, 0.3) is 0 Å². The van der Waals surface area contributed by atoms with E-state index in [1.807, 2.05) is 13.8 Å². The molecular weight excluding hydrogens is 590 g/mol. The highest BCUT2D eigenvalue weighted by Gasteiger charge is 2.32. The van der Waals surface area contributed by atoms with Crippen molar-refractivity contribution in [3.05, 3.63) is 93.4 Å². The molecule has 38 heavy (non-hydrogen) atoms. The van der Waals surface area contributed by atoms with E-state index in [-0.39, 0.29) is 17.3 Å². The third-order valence-electron chi connectivity index (χ3n) is 5.94. The largest absolute Gasteiger partial charge is 0.354 e. The third-order valence-corrected chi connectivity index (χ3v) is 8.46. The third kappa shape index (κ3) is 7.58. The SMILES string of the molecule is CCCNC(=O)C(C)N(Cc1cccc(Cl)c1)C(=O)CN(c1cccc(Br)c1)S(=O)(=O)c1ccc(C)cc1. The van der Waals surface area contributed by atoms with Crippen LogP contribution in [0.2, 0.25) is 5.02 Å². The summed E-state index contributed by atoms with van der Waals surface area (Å²) in [7, 11) is -4.11. The Kier molecular flexibility index (Phi) is 10.4. The molecule has 0 radical (unpaired) electrons. The van der Waals surface area contributed by atoms with Gasteiger partial charge in [-0.2, -0.15) is 0 Å². The molecule has 1 unspecified atom stereocenters. The Bertz CT molecular complexity index is 1380. The van der Waals surface area contributed by atoms with Crippen molar-refractivity contribution in [1.82, 2.24) is 10.2 Å². The summed E-state index contributed by atoms with van der Waals surface area (Å²) in [4.78, 5) is 28.2. The lowest BCUT2D eigenvalue weighted by atomic mass is 10.1. The van der Waals surface area contributed by atoms with Gasteiger partial charge in [0.05, 0.1) is 10.6 Å². The summed E-state index contributed by atoms with van der Waals surface area (Å²) < 4.78 is 29.3. The van der Waals surface area contributed by atoms with Crippen LogP contribution in [-0.4, -0.2) is 44.3 Å². The highest BCUT2D eigenvalue weighted by Crippen LogP contribution is 2.27. The first kappa shape index (κ1) is 29.7. The second-order valence-corrected chi connectivity index (χ2v) is 12.1. The standard InChI is InChI=1S/C28H31BrClN3O4S/c1-4-15-31-28(35)21(3)32(18-22-7-5-9-24(30)16-22)27(34)19-33(25-10-6-8-23(29)17-25)38(36,37)26-13-11-20(2)12-14-26/h5-14,16-17,21H,4,15,18-19H2,1-3H3,(H,31,35). The molecule has 0 aliphatic rings. The molecule has 0 aromatic heterocycles. The van der Waals surface area contributed by atoms with E-state index in [0.717, 1.165) is 21.9 Å². The highest BCUT2D eigenvalue weighted by atomic mass is 79.9. The maximum Gasteiger partial charge on any atom is 0.264 e. The second-order valence-electron chi connectivity index (χ2n) is 8.92. The summed E-state index contributed by atoms with van der Waals surface area (Å²) >= 11 is 9.55. The van der Waals surface area contributed by atoms with Crippen molar-refractivity contribution in [1.29, 1.82) is 0 Å². The first-order valence-corrected chi connectivity index (χ1v) is 14.8. The maximum atomic E-state index is 13.8. The summed E-state index contributed by atoms with van der Waals surface area (Å²) in [5, 5.41) is 3.32. The minimum Gasteiger partial charge on any atom is -0.354 e. The summed E-state index contributed by atoms with van der Waals surface area (Å²) in [5.41, 5.74) is 1.95. The van der Waals surface area contributed by atoms with Gasteiger partial charge in [0.25, 0.3) is 10.0 Å². The number of hydrogen-bond acceptors (Lipinski definition) is 4. The fourth-order valence-corrected chi connectivity index (χ4v) is 5.81. The molecule has 0 aliphatic carbocycles.